The van der Waals surface area contributed by atoms with E-state index >= 15 is 0 Å². The molecule has 4 aliphatic carbocycles. The van der Waals surface area contributed by atoms with Crippen molar-refractivity contribution in [3.05, 3.63) is 11.6 Å². The molecule has 11 atom stereocenters. The Morgan fingerprint density at radius 1 is 1.03 bits per heavy atom. The molecule has 1 spiro atoms. The van der Waals surface area contributed by atoms with E-state index in [1.807, 2.05) is 0 Å². The molecular weight excluding hydrogens is 372 g/mol. The van der Waals surface area contributed by atoms with E-state index in [1.54, 1.807) is 5.57 Å². The molecule has 2 saturated heterocycles. The van der Waals surface area contributed by atoms with Crippen molar-refractivity contribution >= 4 is 0 Å². The third kappa shape index (κ3) is 2.55. The van der Waals surface area contributed by atoms with Gasteiger partial charge in [0.05, 0.1) is 18.8 Å². The first-order chi connectivity index (χ1) is 14.3. The maximum absolute atomic E-state index is 10.3. The summed E-state index contributed by atoms with van der Waals surface area (Å²) in [6, 6.07) is 0. The predicted octanol–water partition coefficient (Wildman–Crippen LogP) is 5.71. The molecule has 5 fully saturated rings. The Hall–Kier alpha value is -0.380. The van der Waals surface area contributed by atoms with Crippen molar-refractivity contribution in [2.45, 2.75) is 103 Å². The molecule has 2 aliphatic heterocycles. The highest BCUT2D eigenvalue weighted by atomic mass is 16.7. The van der Waals surface area contributed by atoms with Gasteiger partial charge in [0.1, 0.15) is 0 Å². The van der Waals surface area contributed by atoms with E-state index in [-0.39, 0.29) is 11.9 Å². The average molecular weight is 415 g/mol. The Morgan fingerprint density at radius 2 is 1.87 bits per heavy atom. The molecule has 3 saturated carbocycles. The Morgan fingerprint density at radius 3 is 2.63 bits per heavy atom. The molecule has 0 aromatic rings. The van der Waals surface area contributed by atoms with E-state index in [4.69, 9.17) is 9.47 Å². The molecule has 3 nitrogen and oxygen atoms in total. The predicted molar refractivity (Wildman–Crippen MR) is 118 cm³/mol. The summed E-state index contributed by atoms with van der Waals surface area (Å²) < 4.78 is 13.3. The van der Waals surface area contributed by atoms with Gasteiger partial charge in [0, 0.05) is 12.3 Å². The highest BCUT2D eigenvalue weighted by molar-refractivity contribution is 5.26. The van der Waals surface area contributed by atoms with Crippen molar-refractivity contribution in [3.63, 3.8) is 0 Å². The second-order valence-corrected chi connectivity index (χ2v) is 12.7. The summed E-state index contributed by atoms with van der Waals surface area (Å²) in [6.45, 7) is 10.8. The number of aliphatic hydroxyl groups is 1. The van der Waals surface area contributed by atoms with Crippen LogP contribution in [0.2, 0.25) is 0 Å². The smallest absolute Gasteiger partial charge is 0.171 e. The van der Waals surface area contributed by atoms with Gasteiger partial charge in [-0.3, -0.25) is 0 Å². The lowest BCUT2D eigenvalue weighted by Gasteiger charge is -2.58. The maximum Gasteiger partial charge on any atom is 0.171 e. The number of ether oxygens (including phenoxy) is 2. The van der Waals surface area contributed by atoms with Crippen LogP contribution in [0.5, 0.6) is 0 Å². The first kappa shape index (κ1) is 20.2. The van der Waals surface area contributed by atoms with Crippen molar-refractivity contribution < 1.29 is 14.6 Å². The van der Waals surface area contributed by atoms with Crippen LogP contribution < -0.4 is 0 Å². The molecule has 0 aromatic carbocycles. The fraction of sp³-hybridized carbons (Fsp3) is 0.926. The van der Waals surface area contributed by atoms with Crippen LogP contribution in [-0.2, 0) is 9.47 Å². The second-order valence-electron chi connectivity index (χ2n) is 12.7. The zero-order chi connectivity index (χ0) is 20.9. The van der Waals surface area contributed by atoms with Crippen LogP contribution in [0.15, 0.2) is 11.6 Å². The van der Waals surface area contributed by atoms with Gasteiger partial charge in [0.2, 0.25) is 0 Å². The molecule has 4 unspecified atom stereocenters. The number of hydrogen-bond acceptors (Lipinski definition) is 3. The molecule has 0 radical (unpaired) electrons. The van der Waals surface area contributed by atoms with Crippen molar-refractivity contribution in [2.75, 3.05) is 6.61 Å². The number of rotatable bonds is 0. The normalized spacial score (nSPS) is 59.8. The zero-order valence-electron chi connectivity index (χ0n) is 19.5. The summed E-state index contributed by atoms with van der Waals surface area (Å²) in [5.41, 5.74) is 2.31. The van der Waals surface area contributed by atoms with Crippen LogP contribution in [-0.4, -0.2) is 29.7 Å². The minimum Gasteiger partial charge on any atom is -0.393 e. The summed E-state index contributed by atoms with van der Waals surface area (Å²) >= 11 is 0. The van der Waals surface area contributed by atoms with Gasteiger partial charge in [0.25, 0.3) is 0 Å². The van der Waals surface area contributed by atoms with E-state index in [1.165, 1.54) is 38.5 Å². The Labute approximate surface area is 183 Å². The van der Waals surface area contributed by atoms with E-state index in [2.05, 4.69) is 33.8 Å². The van der Waals surface area contributed by atoms with Crippen molar-refractivity contribution in [3.8, 4) is 0 Å². The lowest BCUT2D eigenvalue weighted by atomic mass is 9.47. The van der Waals surface area contributed by atoms with Gasteiger partial charge in [-0.05, 0) is 91.8 Å². The summed E-state index contributed by atoms with van der Waals surface area (Å²) in [6.07, 6.45) is 13.5. The zero-order valence-corrected chi connectivity index (χ0v) is 19.5. The Balaban J connectivity index is 1.28. The summed E-state index contributed by atoms with van der Waals surface area (Å²) in [5, 5.41) is 10.3. The van der Waals surface area contributed by atoms with Crippen LogP contribution in [0.3, 0.4) is 0 Å². The monoisotopic (exact) mass is 414 g/mol. The molecule has 168 valence electrons. The average Bonchev–Trinajstić information content (AvgIpc) is 3.16. The number of fused-ring (bicyclic) bond motifs is 7. The SMILES string of the molecule is CC1C2C(C[C@H]3[C@@H]4CC=C5C[C@@H](O)CC[C@]5(C)[C@H]4CC[C@]23C)OC12CC[C@H](C)CO2. The van der Waals surface area contributed by atoms with Crippen LogP contribution in [0.25, 0.3) is 0 Å². The lowest BCUT2D eigenvalue weighted by molar-refractivity contribution is -0.272. The standard InChI is InChI=1S/C27H42O3/c1-16-7-12-27(29-15-16)17(2)24-23(30-27)14-22-20-6-5-18-13-19(28)8-10-25(18,3)21(20)9-11-26(22,24)4/h5,16-17,19-24,28H,6-15H2,1-4H3/t16-,17?,19-,20+,21-,22-,23?,24?,25-,26-,27?/m0/s1. The minimum absolute atomic E-state index is 0.107. The van der Waals surface area contributed by atoms with Crippen LogP contribution in [0.1, 0.15) is 85.5 Å². The summed E-state index contributed by atoms with van der Waals surface area (Å²) in [5.74, 6) is 3.94. The molecule has 3 heteroatoms. The van der Waals surface area contributed by atoms with Gasteiger partial charge < -0.3 is 14.6 Å². The molecule has 0 amide bonds. The van der Waals surface area contributed by atoms with Crippen LogP contribution >= 0.6 is 0 Å². The van der Waals surface area contributed by atoms with E-state index in [0.717, 1.165) is 43.6 Å². The van der Waals surface area contributed by atoms with Gasteiger partial charge in [0.15, 0.2) is 5.79 Å². The topological polar surface area (TPSA) is 38.7 Å². The van der Waals surface area contributed by atoms with E-state index in [9.17, 15) is 5.11 Å². The summed E-state index contributed by atoms with van der Waals surface area (Å²) in [4.78, 5) is 0. The third-order valence-electron chi connectivity index (χ3n) is 11.3. The highest BCUT2D eigenvalue weighted by Crippen LogP contribution is 2.70. The van der Waals surface area contributed by atoms with Gasteiger partial charge in [-0.2, -0.15) is 0 Å². The number of allylic oxidation sites excluding steroid dienone is 1. The van der Waals surface area contributed by atoms with Crippen LogP contribution in [0, 0.1) is 46.3 Å². The molecule has 30 heavy (non-hydrogen) atoms. The minimum atomic E-state index is -0.294. The van der Waals surface area contributed by atoms with E-state index < -0.39 is 0 Å². The number of aliphatic hydroxyl groups excluding tert-OH is 1. The van der Waals surface area contributed by atoms with E-state index in [0.29, 0.717) is 34.7 Å². The molecule has 0 aromatic heterocycles. The van der Waals surface area contributed by atoms with Gasteiger partial charge in [-0.15, -0.1) is 0 Å². The Bertz CT molecular complexity index is 736. The first-order valence-corrected chi connectivity index (χ1v) is 13.0. The first-order valence-electron chi connectivity index (χ1n) is 13.0. The second kappa shape index (κ2) is 6.58. The fourth-order valence-corrected chi connectivity index (χ4v) is 9.66. The lowest BCUT2D eigenvalue weighted by Crippen LogP contribution is -2.52. The van der Waals surface area contributed by atoms with Gasteiger partial charge in [-0.1, -0.05) is 39.3 Å². The van der Waals surface area contributed by atoms with Gasteiger partial charge >= 0.3 is 0 Å². The van der Waals surface area contributed by atoms with Crippen molar-refractivity contribution in [1.29, 1.82) is 0 Å². The maximum atomic E-state index is 10.3. The quantitative estimate of drug-likeness (QED) is 0.516. The molecule has 6 rings (SSSR count). The van der Waals surface area contributed by atoms with Crippen LogP contribution in [0.4, 0.5) is 0 Å². The highest BCUT2D eigenvalue weighted by Gasteiger charge is 2.68. The largest absolute Gasteiger partial charge is 0.393 e. The number of hydrogen-bond donors (Lipinski definition) is 1. The molecule has 1 N–H and O–H groups in total. The van der Waals surface area contributed by atoms with Gasteiger partial charge in [-0.25, -0.2) is 0 Å². The molecule has 6 aliphatic rings. The molecule has 0 bridgehead atoms. The third-order valence-corrected chi connectivity index (χ3v) is 11.3. The molecule has 2 heterocycles. The fourth-order valence-electron chi connectivity index (χ4n) is 9.66. The van der Waals surface area contributed by atoms with Crippen molar-refractivity contribution in [1.82, 2.24) is 0 Å². The van der Waals surface area contributed by atoms with Crippen molar-refractivity contribution in [2.24, 2.45) is 46.3 Å². The molecular formula is C27H42O3. The Kier molecular flexibility index (Phi) is 4.44. The summed E-state index contributed by atoms with van der Waals surface area (Å²) in [7, 11) is 0.